The molecule has 2 rings (SSSR count). The topological polar surface area (TPSA) is 59.6 Å². The van der Waals surface area contributed by atoms with E-state index in [9.17, 15) is 18.0 Å². The third-order valence-corrected chi connectivity index (χ3v) is 3.41. The molecule has 2 aromatic rings. The number of ether oxygens (including phenoxy) is 2. The molecule has 0 atom stereocenters. The zero-order valence-corrected chi connectivity index (χ0v) is 14.6. The number of methoxy groups -OCH3 is 2. The van der Waals surface area contributed by atoms with Crippen molar-refractivity contribution >= 4 is 11.7 Å². The number of alkyl halides is 3. The van der Waals surface area contributed by atoms with E-state index in [2.05, 4.69) is 22.5 Å². The fourth-order valence-corrected chi connectivity index (χ4v) is 2.20. The number of hydrogen-bond donors (Lipinski definition) is 2. The predicted octanol–water partition coefficient (Wildman–Crippen LogP) is 3.90. The molecule has 0 aliphatic heterocycles. The van der Waals surface area contributed by atoms with Crippen molar-refractivity contribution in [2.45, 2.75) is 6.18 Å². The van der Waals surface area contributed by atoms with Gasteiger partial charge in [0.1, 0.15) is 0 Å². The van der Waals surface area contributed by atoms with Crippen molar-refractivity contribution in [1.29, 1.82) is 0 Å². The SMILES string of the molecule is COc1cccc(NC(=O)NCC#Cc2cccc(C(F)(F)F)c2)c1OC. The molecular weight excluding hydrogens is 361 g/mol. The molecule has 0 aromatic heterocycles. The van der Waals surface area contributed by atoms with E-state index in [1.165, 1.54) is 26.4 Å². The molecule has 0 radical (unpaired) electrons. The Labute approximate surface area is 154 Å². The standard InChI is InChI=1S/C19H17F3N2O3/c1-26-16-10-4-9-15(17(16)27-2)24-18(25)23-11-5-7-13-6-3-8-14(12-13)19(20,21)22/h3-4,6,8-10,12H,11H2,1-2H3,(H2,23,24,25). The van der Waals surface area contributed by atoms with Crippen LogP contribution in [0.15, 0.2) is 42.5 Å². The lowest BCUT2D eigenvalue weighted by Gasteiger charge is -2.13. The molecule has 0 aliphatic rings. The summed E-state index contributed by atoms with van der Waals surface area (Å²) in [6.07, 6.45) is -4.42. The van der Waals surface area contributed by atoms with Gasteiger partial charge in [0.25, 0.3) is 0 Å². The first-order chi connectivity index (χ1) is 12.8. The highest BCUT2D eigenvalue weighted by molar-refractivity contribution is 5.91. The van der Waals surface area contributed by atoms with Crippen molar-refractivity contribution in [2.24, 2.45) is 0 Å². The molecule has 0 spiro atoms. The largest absolute Gasteiger partial charge is 0.493 e. The Morgan fingerprint density at radius 1 is 1.11 bits per heavy atom. The summed E-state index contributed by atoms with van der Waals surface area (Å²) in [5.74, 6) is 6.01. The van der Waals surface area contributed by atoms with Crippen LogP contribution in [0.4, 0.5) is 23.7 Å². The first kappa shape index (κ1) is 20.0. The number of benzene rings is 2. The first-order valence-electron chi connectivity index (χ1n) is 7.77. The number of hydrogen-bond acceptors (Lipinski definition) is 3. The van der Waals surface area contributed by atoms with Gasteiger partial charge in [-0.15, -0.1) is 0 Å². The molecule has 0 heterocycles. The number of urea groups is 1. The summed E-state index contributed by atoms with van der Waals surface area (Å²) < 4.78 is 48.3. The molecule has 8 heteroatoms. The van der Waals surface area contributed by atoms with Crippen LogP contribution in [0.3, 0.4) is 0 Å². The number of anilines is 1. The number of amides is 2. The quantitative estimate of drug-likeness (QED) is 0.794. The van der Waals surface area contributed by atoms with E-state index in [4.69, 9.17) is 9.47 Å². The number of carbonyl (C=O) groups is 1. The molecule has 0 unspecified atom stereocenters. The molecule has 0 saturated heterocycles. The van der Waals surface area contributed by atoms with E-state index >= 15 is 0 Å². The smallest absolute Gasteiger partial charge is 0.416 e. The maximum absolute atomic E-state index is 12.7. The minimum absolute atomic E-state index is 0.0473. The molecule has 5 nitrogen and oxygen atoms in total. The second kappa shape index (κ2) is 8.85. The van der Waals surface area contributed by atoms with E-state index in [-0.39, 0.29) is 12.1 Å². The highest BCUT2D eigenvalue weighted by atomic mass is 19.4. The second-order valence-corrected chi connectivity index (χ2v) is 5.23. The van der Waals surface area contributed by atoms with E-state index in [1.807, 2.05) is 0 Å². The second-order valence-electron chi connectivity index (χ2n) is 5.23. The van der Waals surface area contributed by atoms with Gasteiger partial charge in [-0.25, -0.2) is 4.79 Å². The minimum atomic E-state index is -4.42. The summed E-state index contributed by atoms with van der Waals surface area (Å²) in [5, 5.41) is 5.09. The van der Waals surface area contributed by atoms with Gasteiger partial charge in [-0.05, 0) is 30.3 Å². The Balaban J connectivity index is 1.96. The van der Waals surface area contributed by atoms with Crippen LogP contribution in [0.5, 0.6) is 11.5 Å². The van der Waals surface area contributed by atoms with E-state index in [0.717, 1.165) is 12.1 Å². The lowest BCUT2D eigenvalue weighted by atomic mass is 10.1. The normalized spacial score (nSPS) is 10.4. The summed E-state index contributed by atoms with van der Waals surface area (Å²) in [6, 6.07) is 9.13. The number of nitrogens with one attached hydrogen (secondary N) is 2. The summed E-state index contributed by atoms with van der Waals surface area (Å²) in [7, 11) is 2.92. The average molecular weight is 378 g/mol. The Morgan fingerprint density at radius 3 is 2.52 bits per heavy atom. The van der Waals surface area contributed by atoms with E-state index in [0.29, 0.717) is 17.2 Å². The molecule has 2 amide bonds. The van der Waals surface area contributed by atoms with Crippen LogP contribution < -0.4 is 20.1 Å². The van der Waals surface area contributed by atoms with E-state index in [1.54, 1.807) is 18.2 Å². The number of carbonyl (C=O) groups excluding carboxylic acids is 1. The monoisotopic (exact) mass is 378 g/mol. The van der Waals surface area contributed by atoms with Crippen molar-refractivity contribution in [3.8, 4) is 23.3 Å². The van der Waals surface area contributed by atoms with Crippen LogP contribution in [-0.2, 0) is 6.18 Å². The zero-order chi connectivity index (χ0) is 19.9. The lowest BCUT2D eigenvalue weighted by Crippen LogP contribution is -2.29. The van der Waals surface area contributed by atoms with Gasteiger partial charge < -0.3 is 20.1 Å². The Bertz CT molecular complexity index is 870. The Morgan fingerprint density at radius 2 is 1.85 bits per heavy atom. The fraction of sp³-hybridized carbons (Fsp3) is 0.211. The number of rotatable bonds is 4. The molecule has 2 aromatic carbocycles. The Kier molecular flexibility index (Phi) is 6.55. The van der Waals surface area contributed by atoms with Gasteiger partial charge in [-0.1, -0.05) is 24.0 Å². The lowest BCUT2D eigenvalue weighted by molar-refractivity contribution is -0.137. The zero-order valence-electron chi connectivity index (χ0n) is 14.6. The van der Waals surface area contributed by atoms with Crippen LogP contribution in [0.2, 0.25) is 0 Å². The number of para-hydroxylation sites is 1. The van der Waals surface area contributed by atoms with Crippen molar-refractivity contribution < 1.29 is 27.4 Å². The number of halogens is 3. The van der Waals surface area contributed by atoms with Gasteiger partial charge in [0.2, 0.25) is 0 Å². The van der Waals surface area contributed by atoms with Gasteiger partial charge in [0.05, 0.1) is 32.0 Å². The molecule has 2 N–H and O–H groups in total. The van der Waals surface area contributed by atoms with Crippen LogP contribution >= 0.6 is 0 Å². The summed E-state index contributed by atoms with van der Waals surface area (Å²) in [6.45, 7) is -0.0473. The summed E-state index contributed by atoms with van der Waals surface area (Å²) in [4.78, 5) is 11.9. The molecule has 27 heavy (non-hydrogen) atoms. The van der Waals surface area contributed by atoms with Gasteiger partial charge >= 0.3 is 12.2 Å². The van der Waals surface area contributed by atoms with Gasteiger partial charge in [-0.2, -0.15) is 13.2 Å². The third-order valence-electron chi connectivity index (χ3n) is 3.41. The van der Waals surface area contributed by atoms with Crippen LogP contribution in [0.1, 0.15) is 11.1 Å². The molecule has 0 aliphatic carbocycles. The van der Waals surface area contributed by atoms with Crippen molar-refractivity contribution in [2.75, 3.05) is 26.1 Å². The molecule has 0 saturated carbocycles. The van der Waals surface area contributed by atoms with Gasteiger partial charge in [0, 0.05) is 5.56 Å². The molecular formula is C19H17F3N2O3. The average Bonchev–Trinajstić information content (AvgIpc) is 2.64. The highest BCUT2D eigenvalue weighted by Gasteiger charge is 2.30. The van der Waals surface area contributed by atoms with Crippen molar-refractivity contribution in [1.82, 2.24) is 5.32 Å². The van der Waals surface area contributed by atoms with Gasteiger partial charge in [0.15, 0.2) is 11.5 Å². The van der Waals surface area contributed by atoms with E-state index < -0.39 is 17.8 Å². The Hall–Kier alpha value is -3.34. The van der Waals surface area contributed by atoms with Crippen LogP contribution in [0, 0.1) is 11.8 Å². The van der Waals surface area contributed by atoms with Crippen molar-refractivity contribution in [3.05, 3.63) is 53.6 Å². The van der Waals surface area contributed by atoms with Gasteiger partial charge in [-0.3, -0.25) is 0 Å². The maximum atomic E-state index is 12.7. The third kappa shape index (κ3) is 5.57. The molecule has 0 fully saturated rings. The maximum Gasteiger partial charge on any atom is 0.416 e. The fourth-order valence-electron chi connectivity index (χ4n) is 2.20. The van der Waals surface area contributed by atoms with Crippen LogP contribution in [-0.4, -0.2) is 26.8 Å². The molecule has 142 valence electrons. The van der Waals surface area contributed by atoms with Crippen LogP contribution in [0.25, 0.3) is 0 Å². The summed E-state index contributed by atoms with van der Waals surface area (Å²) >= 11 is 0. The minimum Gasteiger partial charge on any atom is -0.493 e. The van der Waals surface area contributed by atoms with Crippen molar-refractivity contribution in [3.63, 3.8) is 0 Å². The molecule has 0 bridgehead atoms. The predicted molar refractivity (Wildman–Crippen MR) is 94.9 cm³/mol. The summed E-state index contributed by atoms with van der Waals surface area (Å²) in [5.41, 5.74) is -0.160. The highest BCUT2D eigenvalue weighted by Crippen LogP contribution is 2.34. The first-order valence-corrected chi connectivity index (χ1v) is 7.77.